The largest absolute Gasteiger partial charge is 0.374 e. The molecule has 0 amide bonds. The molecule has 0 saturated heterocycles. The predicted octanol–water partition coefficient (Wildman–Crippen LogP) is 20.0. The lowest BCUT2D eigenvalue weighted by atomic mass is 9.45. The van der Waals surface area contributed by atoms with E-state index in [1.807, 2.05) is 0 Å². The van der Waals surface area contributed by atoms with Crippen molar-refractivity contribution in [1.29, 1.82) is 0 Å². The van der Waals surface area contributed by atoms with Gasteiger partial charge in [-0.1, -0.05) is 180 Å². The molecule has 0 unspecified atom stereocenters. The van der Waals surface area contributed by atoms with Crippen LogP contribution in [0.3, 0.4) is 0 Å². The number of hydrogen-bond acceptors (Lipinski definition) is 2. The molecule has 0 saturated carbocycles. The smallest absolute Gasteiger partial charge is 0.333 e. The summed E-state index contributed by atoms with van der Waals surface area (Å²) in [5, 5.41) is 2.56. The minimum absolute atomic E-state index is 0.145. The third kappa shape index (κ3) is 7.55. The monoisotopic (exact) mass is 1180 g/mol. The molecule has 4 nitrogen and oxygen atoms in total. The Hall–Kier alpha value is -10.3. The molecule has 6 heterocycles. The molecule has 0 bridgehead atoms. The molecule has 0 atom stereocenters. The summed E-state index contributed by atoms with van der Waals surface area (Å²) in [6.45, 7) is 26.8. The van der Waals surface area contributed by atoms with Gasteiger partial charge in [0.2, 0.25) is 0 Å². The zero-order valence-corrected chi connectivity index (χ0v) is 54.6. The van der Waals surface area contributed by atoms with E-state index in [1.54, 1.807) is 0 Å². The Morgan fingerprint density at radius 1 is 0.250 bits per heavy atom. The highest BCUT2D eigenvalue weighted by molar-refractivity contribution is 6.92. The van der Waals surface area contributed by atoms with E-state index in [1.165, 1.54) is 211 Å². The summed E-state index contributed by atoms with van der Waals surface area (Å²) >= 11 is 0. The van der Waals surface area contributed by atoms with Gasteiger partial charge in [-0.25, -0.2) is 0 Å². The average molecular weight is 1180 g/mol. The molecule has 0 spiro atoms. The first-order valence-corrected chi connectivity index (χ1v) is 32.9. The van der Waals surface area contributed by atoms with Crippen LogP contribution in [0.5, 0.6) is 0 Å². The fourth-order valence-corrected chi connectivity index (χ4v) is 18.5. The number of fused-ring (bicyclic) bond motifs is 13. The summed E-state index contributed by atoms with van der Waals surface area (Å²) < 4.78 is 5.61. The zero-order valence-electron chi connectivity index (χ0n) is 54.6. The Morgan fingerprint density at radius 2 is 0.554 bits per heavy atom. The van der Waals surface area contributed by atoms with E-state index in [4.69, 9.17) is 0 Å². The van der Waals surface area contributed by atoms with Crippen LogP contribution in [0.15, 0.2) is 206 Å². The van der Waals surface area contributed by atoms with E-state index in [-0.39, 0.29) is 13.7 Å². The lowest BCUT2D eigenvalue weighted by Gasteiger charge is -2.41. The number of anilines is 6. The van der Waals surface area contributed by atoms with Crippen LogP contribution < -0.4 is 31.7 Å². The van der Waals surface area contributed by atoms with E-state index in [9.17, 15) is 0 Å². The van der Waals surface area contributed by atoms with Crippen molar-refractivity contribution >= 4 is 103 Å². The van der Waals surface area contributed by atoms with E-state index in [0.717, 1.165) is 11.4 Å². The standard InChI is InChI=1S/C86H70B2N4/c1-47-35-51(5)77(52(6)36-47)59-19-13-21-63(43-59)89-73-29-17-23-65-67-25-15-27-69-83(67)91(87(81(65)73)71-33-31-61(45-75(71)89)79-55(9)39-49(3)40-56(79)10)85-70-28-16-26-68-66-24-18-30-74-82(66)88(92(84(68)70)86(69)85)72-34-32-62(80-57(11)41-50(4)42-58(80)12)46-76(72)90(74)64-22-14-20-60(44-64)78-53(7)37-48(2)38-54(78)8/h13-46H,1-12H3. The molecule has 2 aromatic heterocycles. The summed E-state index contributed by atoms with van der Waals surface area (Å²) in [6.07, 6.45) is 0. The first kappa shape index (κ1) is 54.6. The SMILES string of the molecule is Cc1cc(C)c(-c2cccc(N3c4cc(-c5c(C)cc(C)cc5C)ccc4B4c5c(cccc53)-c3cccc5c3n4c3c4cccc6c4n(c53)B3c4ccc(-c5c(C)cc(C)cc5C)cc4N(c4cccc(-c5c(C)cc(C)cc5C)c4)c4cccc-6c43)c2)c(C)c1. The summed E-state index contributed by atoms with van der Waals surface area (Å²) in [4.78, 5) is 5.21. The first-order chi connectivity index (χ1) is 44.6. The second-order valence-corrected chi connectivity index (χ2v) is 27.5. The van der Waals surface area contributed by atoms with Crippen LogP contribution >= 0.6 is 0 Å². The molecule has 0 aliphatic carbocycles. The zero-order chi connectivity index (χ0) is 62.6. The highest BCUT2D eigenvalue weighted by atomic mass is 15.2. The summed E-state index contributed by atoms with van der Waals surface area (Å²) in [5.74, 6) is 0. The molecule has 4 aliphatic heterocycles. The van der Waals surface area contributed by atoms with Gasteiger partial charge < -0.3 is 18.8 Å². The van der Waals surface area contributed by atoms with Crippen molar-refractivity contribution in [2.24, 2.45) is 0 Å². The van der Waals surface area contributed by atoms with Gasteiger partial charge in [-0.2, -0.15) is 0 Å². The van der Waals surface area contributed by atoms with Crippen LogP contribution in [0.1, 0.15) is 66.8 Å². The van der Waals surface area contributed by atoms with Gasteiger partial charge in [-0.05, 0) is 254 Å². The quantitative estimate of drug-likeness (QED) is 0.154. The molecule has 12 aromatic carbocycles. The van der Waals surface area contributed by atoms with Gasteiger partial charge in [-0.3, -0.25) is 0 Å². The summed E-state index contributed by atoms with van der Waals surface area (Å²) in [6, 6.07) is 80.8. The third-order valence-corrected chi connectivity index (χ3v) is 21.3. The van der Waals surface area contributed by atoms with Crippen molar-refractivity contribution < 1.29 is 0 Å². The van der Waals surface area contributed by atoms with Crippen LogP contribution in [0, 0.1) is 83.1 Å². The van der Waals surface area contributed by atoms with Crippen LogP contribution in [0.2, 0.25) is 0 Å². The number of aromatic nitrogens is 2. The molecule has 0 radical (unpaired) electrons. The maximum absolute atomic E-state index is 2.81. The molecule has 4 aliphatic rings. The maximum atomic E-state index is 2.81. The minimum atomic E-state index is -0.145. The predicted molar refractivity (Wildman–Crippen MR) is 395 cm³/mol. The molecule has 6 heteroatoms. The van der Waals surface area contributed by atoms with Crippen molar-refractivity contribution in [1.82, 2.24) is 8.96 Å². The fraction of sp³-hybridized carbons (Fsp3) is 0.140. The van der Waals surface area contributed by atoms with Crippen LogP contribution in [-0.2, 0) is 0 Å². The van der Waals surface area contributed by atoms with Gasteiger partial charge >= 0.3 is 13.7 Å². The van der Waals surface area contributed by atoms with Gasteiger partial charge in [0.1, 0.15) is 0 Å². The Bertz CT molecular complexity index is 5210. The Balaban J connectivity index is 0.914. The Morgan fingerprint density at radius 3 is 0.902 bits per heavy atom. The molecule has 0 N–H and O–H groups in total. The van der Waals surface area contributed by atoms with Gasteiger partial charge in [0.15, 0.2) is 0 Å². The van der Waals surface area contributed by atoms with E-state index >= 15 is 0 Å². The van der Waals surface area contributed by atoms with Crippen LogP contribution in [0.4, 0.5) is 34.1 Å². The van der Waals surface area contributed by atoms with Crippen molar-refractivity contribution in [3.63, 3.8) is 0 Å². The van der Waals surface area contributed by atoms with Crippen molar-refractivity contribution in [2.75, 3.05) is 9.80 Å². The molecular formula is C86H70B2N4. The van der Waals surface area contributed by atoms with Crippen molar-refractivity contribution in [2.45, 2.75) is 83.1 Å². The normalized spacial score (nSPS) is 13.1. The third-order valence-electron chi connectivity index (χ3n) is 21.3. The summed E-state index contributed by atoms with van der Waals surface area (Å²) in [7, 11) is 0. The van der Waals surface area contributed by atoms with Crippen LogP contribution in [0.25, 0.3) is 99.6 Å². The summed E-state index contributed by atoms with van der Waals surface area (Å²) in [5.41, 5.74) is 48.4. The molecular weight excluding hydrogens is 1110 g/mol. The fourth-order valence-electron chi connectivity index (χ4n) is 18.5. The second-order valence-electron chi connectivity index (χ2n) is 27.5. The van der Waals surface area contributed by atoms with Crippen molar-refractivity contribution in [3.05, 3.63) is 273 Å². The number of aryl methyl sites for hydroxylation is 12. The highest BCUT2D eigenvalue weighted by Crippen LogP contribution is 2.52. The molecule has 14 aromatic rings. The molecule has 92 heavy (non-hydrogen) atoms. The van der Waals surface area contributed by atoms with Gasteiger partial charge in [0.05, 0.1) is 11.0 Å². The Labute approximate surface area is 540 Å². The first-order valence-electron chi connectivity index (χ1n) is 32.9. The van der Waals surface area contributed by atoms with Crippen LogP contribution in [-0.4, -0.2) is 22.7 Å². The lowest BCUT2D eigenvalue weighted by Crippen LogP contribution is -2.56. The highest BCUT2D eigenvalue weighted by Gasteiger charge is 2.47. The van der Waals surface area contributed by atoms with E-state index in [0.29, 0.717) is 0 Å². The number of nitrogens with zero attached hydrogens (tertiary/aromatic N) is 4. The van der Waals surface area contributed by atoms with E-state index in [2.05, 4.69) is 308 Å². The number of benzene rings is 12. The van der Waals surface area contributed by atoms with Crippen molar-refractivity contribution in [3.8, 4) is 66.8 Å². The van der Waals surface area contributed by atoms with Gasteiger partial charge in [-0.15, -0.1) is 0 Å². The number of rotatable bonds is 6. The molecule has 440 valence electrons. The average Bonchev–Trinajstić information content (AvgIpc) is 1.47. The number of para-hydroxylation sites is 2. The molecule has 18 rings (SSSR count). The minimum Gasteiger partial charge on any atom is -0.374 e. The second kappa shape index (κ2) is 19.6. The topological polar surface area (TPSA) is 16.3 Å². The lowest BCUT2D eigenvalue weighted by molar-refractivity contribution is 1.25. The van der Waals surface area contributed by atoms with Gasteiger partial charge in [0, 0.05) is 67.1 Å². The van der Waals surface area contributed by atoms with E-state index < -0.39 is 0 Å². The maximum Gasteiger partial charge on any atom is 0.333 e. The van der Waals surface area contributed by atoms with Gasteiger partial charge in [0.25, 0.3) is 0 Å². The molecule has 0 fully saturated rings. The number of hydrogen-bond donors (Lipinski definition) is 0. The Kier molecular flexibility index (Phi) is 11.6.